The molecule has 4 heteroatoms. The third-order valence-corrected chi connectivity index (χ3v) is 2.41. The molecule has 2 N–H and O–H groups in total. The number of carbonyl (C=O) groups is 1. The van der Waals surface area contributed by atoms with Crippen molar-refractivity contribution in [3.8, 4) is 0 Å². The zero-order valence-electron chi connectivity index (χ0n) is 8.98. The van der Waals surface area contributed by atoms with Crippen LogP contribution < -0.4 is 4.57 Å². The fraction of sp³-hybridized carbons (Fsp3) is 0.636. The van der Waals surface area contributed by atoms with Crippen LogP contribution in [-0.2, 0) is 11.3 Å². The van der Waals surface area contributed by atoms with Gasteiger partial charge in [0.2, 0.25) is 6.33 Å². The van der Waals surface area contributed by atoms with E-state index in [1.807, 2.05) is 18.7 Å². The van der Waals surface area contributed by atoms with Crippen molar-refractivity contribution in [3.05, 3.63) is 18.7 Å². The van der Waals surface area contributed by atoms with Crippen LogP contribution in [0.1, 0.15) is 38.5 Å². The van der Waals surface area contributed by atoms with Gasteiger partial charge < -0.3 is 5.11 Å². The van der Waals surface area contributed by atoms with Gasteiger partial charge in [0, 0.05) is 6.42 Å². The molecule has 1 rings (SSSR count). The second-order valence-corrected chi connectivity index (χ2v) is 3.76. The van der Waals surface area contributed by atoms with E-state index in [9.17, 15) is 4.79 Å². The highest BCUT2D eigenvalue weighted by molar-refractivity contribution is 5.66. The molecule has 4 nitrogen and oxygen atoms in total. The molecule has 84 valence electrons. The number of aliphatic carboxylic acids is 1. The first-order valence-corrected chi connectivity index (χ1v) is 5.52. The molecule has 0 radical (unpaired) electrons. The number of carboxylic acids is 1. The van der Waals surface area contributed by atoms with Gasteiger partial charge in [-0.05, 0) is 19.3 Å². The van der Waals surface area contributed by atoms with Gasteiger partial charge in [0.25, 0.3) is 0 Å². The SMILES string of the molecule is O=C(O)CCCCCCC[n+]1cc[nH]c1. The first-order chi connectivity index (χ1) is 7.29. The van der Waals surface area contributed by atoms with E-state index in [1.165, 1.54) is 6.42 Å². The molecular formula is C11H19N2O2+. The highest BCUT2D eigenvalue weighted by Crippen LogP contribution is 2.05. The summed E-state index contributed by atoms with van der Waals surface area (Å²) in [6, 6.07) is 0. The van der Waals surface area contributed by atoms with E-state index in [1.54, 1.807) is 0 Å². The Kier molecular flexibility index (Phi) is 5.51. The molecule has 1 aromatic rings. The molecule has 0 atom stereocenters. The maximum atomic E-state index is 10.2. The molecule has 0 aliphatic heterocycles. The number of aryl methyl sites for hydroxylation is 1. The number of unbranched alkanes of at least 4 members (excludes halogenated alkanes) is 4. The minimum Gasteiger partial charge on any atom is -0.481 e. The average Bonchev–Trinajstić information content (AvgIpc) is 2.68. The van der Waals surface area contributed by atoms with E-state index in [0.717, 1.165) is 32.2 Å². The minimum atomic E-state index is -0.683. The summed E-state index contributed by atoms with van der Waals surface area (Å²) >= 11 is 0. The van der Waals surface area contributed by atoms with Crippen molar-refractivity contribution >= 4 is 5.97 Å². The van der Waals surface area contributed by atoms with Crippen molar-refractivity contribution in [2.75, 3.05) is 0 Å². The van der Waals surface area contributed by atoms with Crippen molar-refractivity contribution in [2.45, 2.75) is 45.1 Å². The molecule has 0 unspecified atom stereocenters. The second-order valence-electron chi connectivity index (χ2n) is 3.76. The molecule has 0 saturated heterocycles. The van der Waals surface area contributed by atoms with Gasteiger partial charge in [-0.1, -0.05) is 12.8 Å². The van der Waals surface area contributed by atoms with Crippen LogP contribution in [0.2, 0.25) is 0 Å². The third-order valence-electron chi connectivity index (χ3n) is 2.41. The average molecular weight is 211 g/mol. The number of aromatic amines is 1. The predicted octanol–water partition coefficient (Wildman–Crippen LogP) is 1.73. The summed E-state index contributed by atoms with van der Waals surface area (Å²) < 4.78 is 2.12. The van der Waals surface area contributed by atoms with Crippen molar-refractivity contribution in [2.24, 2.45) is 0 Å². The molecular weight excluding hydrogens is 192 g/mol. The summed E-state index contributed by atoms with van der Waals surface area (Å²) in [5.74, 6) is -0.683. The summed E-state index contributed by atoms with van der Waals surface area (Å²) in [6.07, 6.45) is 11.5. The summed E-state index contributed by atoms with van der Waals surface area (Å²) in [5, 5.41) is 8.43. The second kappa shape index (κ2) is 7.04. The van der Waals surface area contributed by atoms with E-state index in [-0.39, 0.29) is 0 Å². The van der Waals surface area contributed by atoms with Crippen LogP contribution in [0.4, 0.5) is 0 Å². The van der Waals surface area contributed by atoms with Crippen LogP contribution >= 0.6 is 0 Å². The molecule has 0 aliphatic carbocycles. The lowest BCUT2D eigenvalue weighted by molar-refractivity contribution is -0.696. The Hall–Kier alpha value is -1.32. The van der Waals surface area contributed by atoms with Crippen LogP contribution in [0.15, 0.2) is 18.7 Å². The van der Waals surface area contributed by atoms with Gasteiger partial charge >= 0.3 is 5.97 Å². The Balaban J connectivity index is 1.87. The van der Waals surface area contributed by atoms with Gasteiger partial charge in [-0.3, -0.25) is 9.78 Å². The molecule has 0 aliphatic rings. The number of hydrogen-bond donors (Lipinski definition) is 2. The fourth-order valence-electron chi connectivity index (χ4n) is 1.56. The van der Waals surface area contributed by atoms with Crippen molar-refractivity contribution in [1.29, 1.82) is 0 Å². The zero-order valence-corrected chi connectivity index (χ0v) is 8.98. The summed E-state index contributed by atoms with van der Waals surface area (Å²) in [5.41, 5.74) is 0. The van der Waals surface area contributed by atoms with Gasteiger partial charge in [-0.15, -0.1) is 0 Å². The fourth-order valence-corrected chi connectivity index (χ4v) is 1.56. The van der Waals surface area contributed by atoms with Gasteiger partial charge in [-0.25, -0.2) is 4.57 Å². The highest BCUT2D eigenvalue weighted by atomic mass is 16.4. The van der Waals surface area contributed by atoms with Gasteiger partial charge in [0.05, 0.1) is 6.54 Å². The molecule has 0 saturated carbocycles. The summed E-state index contributed by atoms with van der Waals surface area (Å²) in [4.78, 5) is 13.2. The van der Waals surface area contributed by atoms with E-state index in [4.69, 9.17) is 5.11 Å². The predicted molar refractivity (Wildman–Crippen MR) is 56.3 cm³/mol. The third kappa shape index (κ3) is 5.88. The number of H-pyrrole nitrogens is 1. The quantitative estimate of drug-likeness (QED) is 0.508. The molecule has 1 aromatic heterocycles. The molecule has 0 aromatic carbocycles. The van der Waals surface area contributed by atoms with E-state index in [2.05, 4.69) is 9.55 Å². The van der Waals surface area contributed by atoms with Crippen LogP contribution in [0.5, 0.6) is 0 Å². The number of nitrogens with zero attached hydrogens (tertiary/aromatic N) is 1. The van der Waals surface area contributed by atoms with Crippen LogP contribution in [0, 0.1) is 0 Å². The van der Waals surface area contributed by atoms with E-state index < -0.39 is 5.97 Å². The number of imidazole rings is 1. The Morgan fingerprint density at radius 2 is 1.93 bits per heavy atom. The number of rotatable bonds is 8. The standard InChI is InChI=1S/C11H18N2O2/c14-11(15)6-4-2-1-3-5-8-13-9-7-12-10-13/h7,9-10H,1-6,8H2,(H,14,15)/p+1. The number of carboxylic acid groups (broad SMARTS) is 1. The lowest BCUT2D eigenvalue weighted by Gasteiger charge is -1.98. The lowest BCUT2D eigenvalue weighted by Crippen LogP contribution is -2.30. The van der Waals surface area contributed by atoms with E-state index in [0.29, 0.717) is 6.42 Å². The molecule has 0 bridgehead atoms. The molecule has 0 fully saturated rings. The number of hydrogen-bond acceptors (Lipinski definition) is 1. The monoisotopic (exact) mass is 211 g/mol. The first kappa shape index (κ1) is 11.8. The van der Waals surface area contributed by atoms with Crippen molar-refractivity contribution < 1.29 is 14.5 Å². The highest BCUT2D eigenvalue weighted by Gasteiger charge is 1.98. The maximum Gasteiger partial charge on any atom is 0.303 e. The topological polar surface area (TPSA) is 57.0 Å². The van der Waals surface area contributed by atoms with Gasteiger partial charge in [0.1, 0.15) is 12.4 Å². The van der Waals surface area contributed by atoms with Crippen molar-refractivity contribution in [3.63, 3.8) is 0 Å². The smallest absolute Gasteiger partial charge is 0.303 e. The van der Waals surface area contributed by atoms with Crippen LogP contribution in [-0.4, -0.2) is 16.1 Å². The Labute approximate surface area is 89.9 Å². The molecule has 0 spiro atoms. The normalized spacial score (nSPS) is 10.4. The van der Waals surface area contributed by atoms with Gasteiger partial charge in [0.15, 0.2) is 0 Å². The Morgan fingerprint density at radius 1 is 1.20 bits per heavy atom. The van der Waals surface area contributed by atoms with Gasteiger partial charge in [-0.2, -0.15) is 0 Å². The van der Waals surface area contributed by atoms with Crippen LogP contribution in [0.25, 0.3) is 0 Å². The summed E-state index contributed by atoms with van der Waals surface area (Å²) in [7, 11) is 0. The summed E-state index contributed by atoms with van der Waals surface area (Å²) in [6.45, 7) is 1.04. The largest absolute Gasteiger partial charge is 0.481 e. The lowest BCUT2D eigenvalue weighted by atomic mass is 10.1. The maximum absolute atomic E-state index is 10.2. The molecule has 1 heterocycles. The minimum absolute atomic E-state index is 0.312. The molecule has 0 amide bonds. The first-order valence-electron chi connectivity index (χ1n) is 5.52. The zero-order chi connectivity index (χ0) is 10.9. The molecule has 15 heavy (non-hydrogen) atoms. The number of aromatic nitrogens is 2. The Morgan fingerprint density at radius 3 is 2.60 bits per heavy atom. The number of nitrogens with one attached hydrogen (secondary N) is 1. The Bertz CT molecular complexity index is 270. The van der Waals surface area contributed by atoms with Crippen LogP contribution in [0.3, 0.4) is 0 Å². The van der Waals surface area contributed by atoms with E-state index >= 15 is 0 Å². The van der Waals surface area contributed by atoms with Crippen molar-refractivity contribution in [1.82, 2.24) is 4.98 Å².